The number of fused-ring (bicyclic) bond motifs is 6. The molecule has 1 aliphatic rings. The summed E-state index contributed by atoms with van der Waals surface area (Å²) in [5.41, 5.74) is 0.685. The highest BCUT2D eigenvalue weighted by atomic mass is 32.2. The molecule has 3 aromatic carbocycles. The van der Waals surface area contributed by atoms with Crippen molar-refractivity contribution in [3.05, 3.63) is 105 Å². The zero-order valence-electron chi connectivity index (χ0n) is 33.4. The second-order valence-corrected chi connectivity index (χ2v) is 21.9. The van der Waals surface area contributed by atoms with Gasteiger partial charge in [-0.2, -0.15) is 12.9 Å². The van der Waals surface area contributed by atoms with Crippen LogP contribution in [0.1, 0.15) is 118 Å². The summed E-state index contributed by atoms with van der Waals surface area (Å²) >= 11 is 0. The van der Waals surface area contributed by atoms with Crippen molar-refractivity contribution in [1.82, 2.24) is 12.9 Å². The Morgan fingerprint density at radius 2 is 0.690 bits per heavy atom. The molecule has 1 aliphatic heterocycles. The van der Waals surface area contributed by atoms with Crippen LogP contribution in [0, 0.1) is 11.8 Å². The Hall–Kier alpha value is -4.20. The molecule has 6 bridgehead atoms. The molecule has 0 atom stereocenters. The van der Waals surface area contributed by atoms with Gasteiger partial charge in [0.2, 0.25) is 30.1 Å². The molecule has 0 saturated carbocycles. The van der Waals surface area contributed by atoms with E-state index in [4.69, 9.17) is 0 Å². The Morgan fingerprint density at radius 3 is 0.879 bits per heavy atom. The van der Waals surface area contributed by atoms with E-state index in [0.29, 0.717) is 0 Å². The van der Waals surface area contributed by atoms with Crippen molar-refractivity contribution < 1.29 is 55.0 Å². The molecule has 18 heteroatoms. The van der Waals surface area contributed by atoms with Crippen LogP contribution in [0.3, 0.4) is 0 Å². The number of hydrogen-bond donors (Lipinski definition) is 3. The Balaban J connectivity index is 2.05. The van der Waals surface area contributed by atoms with Gasteiger partial charge in [0.05, 0.1) is 33.9 Å². The fraction of sp³-hybridized carbons (Fsp3) is 0.475. The minimum Gasteiger partial charge on any atom is -0.478 e. The first-order chi connectivity index (χ1) is 27.0. The molecule has 4 rings (SSSR count). The summed E-state index contributed by atoms with van der Waals surface area (Å²) in [7, 11) is -12.2. The van der Waals surface area contributed by atoms with Gasteiger partial charge in [-0.05, 0) is 101 Å². The van der Waals surface area contributed by atoms with E-state index in [1.54, 1.807) is 6.92 Å². The summed E-state index contributed by atoms with van der Waals surface area (Å²) < 4.78 is 87.2. The van der Waals surface area contributed by atoms with E-state index in [1.807, 2.05) is 27.7 Å². The lowest BCUT2D eigenvalue weighted by molar-refractivity contribution is 0.0686. The maximum absolute atomic E-state index is 14.1. The van der Waals surface area contributed by atoms with Gasteiger partial charge in [0.25, 0.3) is 0 Å². The van der Waals surface area contributed by atoms with Gasteiger partial charge in [-0.1, -0.05) is 52.8 Å². The molecule has 15 nitrogen and oxygen atoms in total. The first-order valence-corrected chi connectivity index (χ1v) is 23.8. The Morgan fingerprint density at radius 1 is 0.466 bits per heavy atom. The standard InChI is InChI=1S/C40H53N3O12S3/c1-6-9-56(50,51)41-21-29-12-31(17-35(15-29)38(44)45)23-42(57(52,53)10-7-27(2)3)25-33-14-34(20-37(19-33)40(48)49)26-43(58(54,55)11-8-28(4)5)24-32-13-30(22-41)16-36(18-32)39(46)47/h12-20,27-28H,6-11,21-26H2,1-5H3,(H,44,45)(H,46,47)(H,48,49). The normalized spacial score (nSPS) is 15.6. The highest BCUT2D eigenvalue weighted by Gasteiger charge is 2.29. The number of rotatable bonds is 14. The average molecular weight is 864 g/mol. The van der Waals surface area contributed by atoms with Gasteiger partial charge in [0, 0.05) is 39.3 Å². The number of carbonyl (C=O) groups is 3. The molecule has 0 aliphatic carbocycles. The maximum Gasteiger partial charge on any atom is 0.335 e. The van der Waals surface area contributed by atoms with Crippen LogP contribution >= 0.6 is 0 Å². The highest BCUT2D eigenvalue weighted by molar-refractivity contribution is 7.89. The Bertz CT molecular complexity index is 2210. The molecule has 318 valence electrons. The Labute approximate surface area is 341 Å². The van der Waals surface area contributed by atoms with Crippen molar-refractivity contribution >= 4 is 48.0 Å². The number of sulfonamides is 3. The molecule has 3 N–H and O–H groups in total. The molecular formula is C40H53N3O12S3. The van der Waals surface area contributed by atoms with Crippen LogP contribution in [0.15, 0.2) is 54.6 Å². The summed E-state index contributed by atoms with van der Waals surface area (Å²) in [6.45, 7) is 6.95. The van der Waals surface area contributed by atoms with Crippen molar-refractivity contribution in [1.29, 1.82) is 0 Å². The molecule has 0 unspecified atom stereocenters. The van der Waals surface area contributed by atoms with Gasteiger partial charge in [-0.25, -0.2) is 39.6 Å². The Kier molecular flexibility index (Phi) is 15.4. The molecule has 0 aromatic heterocycles. The molecule has 0 spiro atoms. The topological polar surface area (TPSA) is 224 Å². The van der Waals surface area contributed by atoms with Gasteiger partial charge in [0.15, 0.2) is 0 Å². The lowest BCUT2D eigenvalue weighted by Gasteiger charge is -2.27. The number of carboxylic acids is 3. The fourth-order valence-corrected chi connectivity index (χ4v) is 11.5. The van der Waals surface area contributed by atoms with Gasteiger partial charge in [0.1, 0.15) is 0 Å². The van der Waals surface area contributed by atoms with E-state index >= 15 is 0 Å². The predicted octanol–water partition coefficient (Wildman–Crippen LogP) is 5.59. The van der Waals surface area contributed by atoms with Crippen LogP contribution < -0.4 is 0 Å². The molecule has 0 radical (unpaired) electrons. The first-order valence-electron chi connectivity index (χ1n) is 19.0. The summed E-state index contributed by atoms with van der Waals surface area (Å²) in [6, 6.07) is 12.3. The van der Waals surface area contributed by atoms with Crippen LogP contribution in [-0.2, 0) is 69.3 Å². The number of hydrogen-bond acceptors (Lipinski definition) is 9. The summed E-state index contributed by atoms with van der Waals surface area (Å²) in [6.07, 6.45) is 0.809. The summed E-state index contributed by atoms with van der Waals surface area (Å²) in [4.78, 5) is 37.2. The third-order valence-electron chi connectivity index (χ3n) is 9.60. The molecule has 0 fully saturated rings. The largest absolute Gasteiger partial charge is 0.478 e. The van der Waals surface area contributed by atoms with E-state index in [-0.39, 0.29) is 138 Å². The zero-order chi connectivity index (χ0) is 43.2. The van der Waals surface area contributed by atoms with E-state index in [0.717, 1.165) is 12.9 Å². The van der Waals surface area contributed by atoms with E-state index < -0.39 is 48.0 Å². The van der Waals surface area contributed by atoms with Crippen LogP contribution in [0.25, 0.3) is 0 Å². The molecule has 58 heavy (non-hydrogen) atoms. The summed E-state index contributed by atoms with van der Waals surface area (Å²) in [5, 5.41) is 30.3. The minimum atomic E-state index is -4.09. The molecule has 1 heterocycles. The first kappa shape index (κ1) is 46.5. The minimum absolute atomic E-state index is 0.00453. The van der Waals surface area contributed by atoms with Crippen molar-refractivity contribution in [2.24, 2.45) is 11.8 Å². The second-order valence-electron chi connectivity index (χ2n) is 15.6. The molecule has 0 amide bonds. The predicted molar refractivity (Wildman–Crippen MR) is 219 cm³/mol. The SMILES string of the molecule is CCCS(=O)(=O)N1Cc2cc(cc(C(=O)O)c2)CN(S(=O)(=O)CCC(C)C)Cc2cc(cc(C(=O)O)c2)CN(S(=O)(=O)CCC(C)C)Cc2cc(cc(C(=O)O)c2)C1. The van der Waals surface area contributed by atoms with Crippen LogP contribution in [0.5, 0.6) is 0 Å². The van der Waals surface area contributed by atoms with Gasteiger partial charge in [-0.15, -0.1) is 0 Å². The second kappa shape index (κ2) is 19.2. The summed E-state index contributed by atoms with van der Waals surface area (Å²) in [5.74, 6) is -4.85. The smallest absolute Gasteiger partial charge is 0.335 e. The van der Waals surface area contributed by atoms with Crippen LogP contribution in [0.2, 0.25) is 0 Å². The third-order valence-corrected chi connectivity index (χ3v) is 15.2. The van der Waals surface area contributed by atoms with Crippen molar-refractivity contribution in [2.75, 3.05) is 17.3 Å². The highest BCUT2D eigenvalue weighted by Crippen LogP contribution is 2.26. The van der Waals surface area contributed by atoms with Gasteiger partial charge in [-0.3, -0.25) is 0 Å². The molecule has 3 aromatic rings. The van der Waals surface area contributed by atoms with Gasteiger partial charge < -0.3 is 15.3 Å². The molecule has 0 saturated heterocycles. The van der Waals surface area contributed by atoms with Gasteiger partial charge >= 0.3 is 17.9 Å². The van der Waals surface area contributed by atoms with E-state index in [2.05, 4.69) is 0 Å². The lowest BCUT2D eigenvalue weighted by Crippen LogP contribution is -2.34. The van der Waals surface area contributed by atoms with Crippen LogP contribution in [-0.4, -0.2) is 88.7 Å². The average Bonchev–Trinajstić information content (AvgIpc) is 3.11. The number of carboxylic acid groups (broad SMARTS) is 3. The van der Waals surface area contributed by atoms with Crippen LogP contribution in [0.4, 0.5) is 0 Å². The number of benzene rings is 3. The van der Waals surface area contributed by atoms with Crippen molar-refractivity contribution in [3.8, 4) is 0 Å². The zero-order valence-corrected chi connectivity index (χ0v) is 35.9. The maximum atomic E-state index is 14.1. The van der Waals surface area contributed by atoms with E-state index in [9.17, 15) is 55.0 Å². The van der Waals surface area contributed by atoms with E-state index in [1.165, 1.54) is 54.6 Å². The number of nitrogens with zero attached hydrogens (tertiary/aromatic N) is 3. The number of aromatic carboxylic acids is 3. The third kappa shape index (κ3) is 12.9. The van der Waals surface area contributed by atoms with Crippen molar-refractivity contribution in [3.63, 3.8) is 0 Å². The quantitative estimate of drug-likeness (QED) is 0.180. The molecular weight excluding hydrogens is 811 g/mol. The lowest BCUT2D eigenvalue weighted by atomic mass is 10.0. The van der Waals surface area contributed by atoms with Crippen molar-refractivity contribution in [2.45, 2.75) is 93.1 Å². The monoisotopic (exact) mass is 863 g/mol. The fourth-order valence-electron chi connectivity index (χ4n) is 6.60.